The number of hydrogen-bond acceptors (Lipinski definition) is 0. The average molecular weight is 242 g/mol. The van der Waals surface area contributed by atoms with E-state index in [1.165, 1.54) is 12.1 Å². The summed E-state index contributed by atoms with van der Waals surface area (Å²) in [4.78, 5) is 0. The molecule has 0 N–H and O–H groups in total. The maximum absolute atomic E-state index is 11.9. The minimum atomic E-state index is -3.68. The monoisotopic (exact) mass is 242 g/mol. The molecule has 1 aromatic rings. The molecule has 0 aliphatic carbocycles. The van der Waals surface area contributed by atoms with Gasteiger partial charge in [-0.15, -0.1) is 0 Å². The molecule has 0 saturated heterocycles. The molecule has 0 saturated carbocycles. The van der Waals surface area contributed by atoms with E-state index >= 15 is 0 Å². The van der Waals surface area contributed by atoms with Crippen LogP contribution in [0, 0.1) is 3.57 Å². The van der Waals surface area contributed by atoms with E-state index in [1.54, 1.807) is 18.2 Å². The van der Waals surface area contributed by atoms with Crippen molar-refractivity contribution >= 4 is 21.0 Å². The second kappa shape index (κ2) is 3.10. The van der Waals surface area contributed by atoms with Crippen molar-refractivity contribution in [3.05, 3.63) is 33.9 Å². The Morgan fingerprint density at radius 2 is 1.56 bits per heavy atom. The number of hydrogen-bond donors (Lipinski definition) is 0. The quantitative estimate of drug-likeness (QED) is 0.663. The normalized spacial score (nSPS) is 11.1. The van der Waals surface area contributed by atoms with E-state index < -0.39 is 21.0 Å². The number of rotatable bonds is 1. The Morgan fingerprint density at radius 1 is 1.00 bits per heavy atom. The van der Waals surface area contributed by atoms with Crippen LogP contribution in [0.1, 0.15) is 0 Å². The van der Waals surface area contributed by atoms with E-state index in [2.05, 4.69) is 0 Å². The molecule has 0 amide bonds. The minimum absolute atomic E-state index is 0.238. The fourth-order valence-electron chi connectivity index (χ4n) is 0.510. The second-order valence-corrected chi connectivity index (χ2v) is 3.86. The van der Waals surface area contributed by atoms with Crippen LogP contribution >= 0.6 is 21.0 Å². The molecule has 50 valence electrons. The van der Waals surface area contributed by atoms with E-state index in [-0.39, 0.29) is 3.57 Å². The molecular formula is C6H5F2I. The van der Waals surface area contributed by atoms with Crippen LogP contribution < -0.4 is 0 Å². The van der Waals surface area contributed by atoms with Crippen LogP contribution in [0.15, 0.2) is 30.3 Å². The molecule has 0 atom stereocenters. The molecule has 0 aliphatic rings. The number of halogens is 3. The Bertz CT molecular complexity index is 174. The van der Waals surface area contributed by atoms with Crippen LogP contribution in [-0.2, 0) is 0 Å². The Labute approximate surface area is 60.8 Å². The first-order chi connectivity index (χ1) is 4.30. The Balaban J connectivity index is 2.85. The van der Waals surface area contributed by atoms with Crippen molar-refractivity contribution in [2.45, 2.75) is 0 Å². The van der Waals surface area contributed by atoms with Gasteiger partial charge >= 0.3 is 60.6 Å². The molecule has 0 unspecified atom stereocenters. The average Bonchev–Trinajstić information content (AvgIpc) is 1.90. The van der Waals surface area contributed by atoms with Crippen molar-refractivity contribution in [2.24, 2.45) is 0 Å². The van der Waals surface area contributed by atoms with E-state index in [4.69, 9.17) is 0 Å². The van der Waals surface area contributed by atoms with Gasteiger partial charge in [-0.3, -0.25) is 0 Å². The molecule has 0 aromatic heterocycles. The van der Waals surface area contributed by atoms with Gasteiger partial charge in [0.1, 0.15) is 0 Å². The van der Waals surface area contributed by atoms with Crippen molar-refractivity contribution in [3.63, 3.8) is 0 Å². The van der Waals surface area contributed by atoms with Gasteiger partial charge in [0.25, 0.3) is 0 Å². The summed E-state index contributed by atoms with van der Waals surface area (Å²) < 4.78 is 24.1. The van der Waals surface area contributed by atoms with Crippen molar-refractivity contribution in [1.82, 2.24) is 0 Å². The molecule has 0 nitrogen and oxygen atoms in total. The van der Waals surface area contributed by atoms with Crippen LogP contribution in [0.3, 0.4) is 0 Å². The first-order valence-corrected chi connectivity index (χ1v) is 5.10. The molecule has 1 rings (SSSR count). The van der Waals surface area contributed by atoms with Gasteiger partial charge in [-0.25, -0.2) is 0 Å². The van der Waals surface area contributed by atoms with Gasteiger partial charge in [-0.2, -0.15) is 0 Å². The molecule has 1 aromatic carbocycles. The van der Waals surface area contributed by atoms with E-state index in [0.717, 1.165) is 0 Å². The van der Waals surface area contributed by atoms with Crippen LogP contribution in [0.5, 0.6) is 0 Å². The Kier molecular flexibility index (Phi) is 2.38. The van der Waals surface area contributed by atoms with Crippen molar-refractivity contribution in [1.29, 1.82) is 0 Å². The van der Waals surface area contributed by atoms with Crippen molar-refractivity contribution < 1.29 is 5.72 Å². The van der Waals surface area contributed by atoms with Crippen LogP contribution in [0.2, 0.25) is 0 Å². The summed E-state index contributed by atoms with van der Waals surface area (Å²) in [5.41, 5.74) is 0. The van der Waals surface area contributed by atoms with Gasteiger partial charge in [0, 0.05) is 0 Å². The molecule has 0 heterocycles. The zero-order valence-corrected chi connectivity index (χ0v) is 6.68. The maximum atomic E-state index is 11.9. The van der Waals surface area contributed by atoms with Crippen molar-refractivity contribution in [3.8, 4) is 0 Å². The summed E-state index contributed by atoms with van der Waals surface area (Å²) >= 11 is -3.68. The summed E-state index contributed by atoms with van der Waals surface area (Å²) in [7, 11) is 0. The van der Waals surface area contributed by atoms with Gasteiger partial charge in [0.2, 0.25) is 0 Å². The zero-order valence-electron chi connectivity index (χ0n) is 4.52. The third-order valence-corrected chi connectivity index (χ3v) is 2.56. The molecule has 0 bridgehead atoms. The topological polar surface area (TPSA) is 0 Å². The molecule has 0 spiro atoms. The summed E-state index contributed by atoms with van der Waals surface area (Å²) in [5, 5.41) is 0. The molecule has 0 fully saturated rings. The van der Waals surface area contributed by atoms with Crippen LogP contribution in [-0.4, -0.2) is 0 Å². The Hall–Kier alpha value is -0.190. The first-order valence-electron chi connectivity index (χ1n) is 2.39. The molecular weight excluding hydrogens is 237 g/mol. The molecule has 9 heavy (non-hydrogen) atoms. The summed E-state index contributed by atoms with van der Waals surface area (Å²) in [6, 6.07) is 7.97. The molecule has 0 aliphatic heterocycles. The van der Waals surface area contributed by atoms with Gasteiger partial charge in [0.15, 0.2) is 0 Å². The predicted molar refractivity (Wildman–Crippen MR) is 41.4 cm³/mol. The van der Waals surface area contributed by atoms with Crippen molar-refractivity contribution in [2.75, 3.05) is 0 Å². The summed E-state index contributed by atoms with van der Waals surface area (Å²) in [6.45, 7) is 0. The summed E-state index contributed by atoms with van der Waals surface area (Å²) in [6.07, 6.45) is 0. The zero-order chi connectivity index (χ0) is 6.69. The second-order valence-electron chi connectivity index (χ2n) is 1.49. The van der Waals surface area contributed by atoms with E-state index in [1.807, 2.05) is 0 Å². The number of benzene rings is 1. The van der Waals surface area contributed by atoms with Gasteiger partial charge < -0.3 is 0 Å². The first kappa shape index (κ1) is 6.92. The predicted octanol–water partition coefficient (Wildman–Crippen LogP) is 3.13. The molecule has 3 heteroatoms. The fraction of sp³-hybridized carbons (Fsp3) is 0. The Morgan fingerprint density at radius 3 is 1.89 bits per heavy atom. The summed E-state index contributed by atoms with van der Waals surface area (Å²) in [5.74, 6) is 0. The third kappa shape index (κ3) is 1.89. The van der Waals surface area contributed by atoms with E-state index in [9.17, 15) is 5.72 Å². The molecule has 0 radical (unpaired) electrons. The van der Waals surface area contributed by atoms with Crippen LogP contribution in [0.25, 0.3) is 0 Å². The third-order valence-electron chi connectivity index (χ3n) is 0.898. The SMILES string of the molecule is FI(F)c1ccccc1. The van der Waals surface area contributed by atoms with E-state index in [0.29, 0.717) is 0 Å². The van der Waals surface area contributed by atoms with Gasteiger partial charge in [-0.1, -0.05) is 0 Å². The van der Waals surface area contributed by atoms with Gasteiger partial charge in [0.05, 0.1) is 0 Å². The van der Waals surface area contributed by atoms with Crippen LogP contribution in [0.4, 0.5) is 5.72 Å². The standard InChI is InChI=1S/C6H5F2I/c7-9(8)6-4-2-1-3-5-6/h1-5H. The van der Waals surface area contributed by atoms with Gasteiger partial charge in [-0.05, 0) is 0 Å². The fourth-order valence-corrected chi connectivity index (χ4v) is 1.47.